The zero-order valence-electron chi connectivity index (χ0n) is 16.5. The Hall–Kier alpha value is -3.78. The monoisotopic (exact) mass is 420 g/mol. The summed E-state index contributed by atoms with van der Waals surface area (Å²) >= 11 is 1.31. The van der Waals surface area contributed by atoms with Crippen molar-refractivity contribution >= 4 is 51.6 Å². The second kappa shape index (κ2) is 9.62. The summed E-state index contributed by atoms with van der Waals surface area (Å²) in [4.78, 5) is 42.0. The van der Waals surface area contributed by atoms with Gasteiger partial charge in [-0.05, 0) is 36.4 Å². The Morgan fingerprint density at radius 3 is 2.53 bits per heavy atom. The van der Waals surface area contributed by atoms with Crippen LogP contribution >= 0.6 is 11.3 Å². The number of hydrogen-bond acceptors (Lipinski definition) is 5. The molecule has 1 aromatic heterocycles. The summed E-state index contributed by atoms with van der Waals surface area (Å²) in [5.41, 5.74) is 2.25. The predicted molar refractivity (Wildman–Crippen MR) is 119 cm³/mol. The molecule has 7 nitrogen and oxygen atoms in total. The molecule has 8 heteroatoms. The third kappa shape index (κ3) is 5.18. The fourth-order valence-corrected chi connectivity index (χ4v) is 3.54. The first-order valence-electron chi connectivity index (χ1n) is 9.10. The number of benzene rings is 2. The van der Waals surface area contributed by atoms with Gasteiger partial charge in [-0.15, -0.1) is 11.3 Å². The molecule has 2 aromatic carbocycles. The highest BCUT2D eigenvalue weighted by atomic mass is 32.1. The van der Waals surface area contributed by atoms with Gasteiger partial charge in [-0.2, -0.15) is 0 Å². The number of anilines is 3. The molecule has 0 unspecified atom stereocenters. The third-order valence-corrected chi connectivity index (χ3v) is 4.90. The van der Waals surface area contributed by atoms with Gasteiger partial charge in [0.2, 0.25) is 11.8 Å². The Labute approximate surface area is 178 Å². The van der Waals surface area contributed by atoms with Crippen LogP contribution in [0.1, 0.15) is 23.0 Å². The largest absolute Gasteiger partial charge is 0.355 e. The summed E-state index contributed by atoms with van der Waals surface area (Å²) in [6.45, 7) is 1.48. The molecule has 152 valence electrons. The molecule has 0 fully saturated rings. The molecular formula is C22H20N4O3S. The van der Waals surface area contributed by atoms with Gasteiger partial charge in [0.25, 0.3) is 5.91 Å². The van der Waals surface area contributed by atoms with Crippen molar-refractivity contribution in [2.45, 2.75) is 6.92 Å². The number of thiazole rings is 1. The van der Waals surface area contributed by atoms with Gasteiger partial charge in [0, 0.05) is 36.7 Å². The van der Waals surface area contributed by atoms with Crippen LogP contribution in [0, 0.1) is 0 Å². The molecule has 1 heterocycles. The normalized spacial score (nSPS) is 10.6. The van der Waals surface area contributed by atoms with Crippen LogP contribution in [0.15, 0.2) is 66.1 Å². The van der Waals surface area contributed by atoms with E-state index in [9.17, 15) is 14.4 Å². The summed E-state index contributed by atoms with van der Waals surface area (Å²) in [6.07, 6.45) is 2.92. The van der Waals surface area contributed by atoms with Crippen molar-refractivity contribution in [3.8, 4) is 0 Å². The first-order chi connectivity index (χ1) is 14.5. The average molecular weight is 420 g/mol. The zero-order valence-corrected chi connectivity index (χ0v) is 17.3. The Balaban J connectivity index is 1.70. The van der Waals surface area contributed by atoms with Crippen LogP contribution in [-0.2, 0) is 9.59 Å². The number of amides is 3. The van der Waals surface area contributed by atoms with E-state index in [4.69, 9.17) is 0 Å². The average Bonchev–Trinajstić information content (AvgIpc) is 3.21. The smallest absolute Gasteiger partial charge is 0.251 e. The standard InChI is InChI=1S/C22H20N4O3S/c1-15(27)26(19-9-4-3-5-10-19)22-25-18(14-30-22)11-12-20(28)24-17-8-6-7-16(13-17)21(29)23-2/h3-14H,1-2H3,(H,23,29)(H,24,28)/b12-11+. The molecule has 0 atom stereocenters. The Morgan fingerprint density at radius 1 is 1.07 bits per heavy atom. The van der Waals surface area contributed by atoms with E-state index in [-0.39, 0.29) is 17.7 Å². The van der Waals surface area contributed by atoms with E-state index >= 15 is 0 Å². The summed E-state index contributed by atoms with van der Waals surface area (Å²) in [5, 5.41) is 7.54. The van der Waals surface area contributed by atoms with Gasteiger partial charge in [-0.1, -0.05) is 24.3 Å². The molecule has 30 heavy (non-hydrogen) atoms. The number of nitrogens with one attached hydrogen (secondary N) is 2. The summed E-state index contributed by atoms with van der Waals surface area (Å²) < 4.78 is 0. The van der Waals surface area contributed by atoms with Crippen LogP contribution in [0.2, 0.25) is 0 Å². The highest BCUT2D eigenvalue weighted by Crippen LogP contribution is 2.29. The SMILES string of the molecule is CNC(=O)c1cccc(NC(=O)/C=C/c2csc(N(C(C)=O)c3ccccc3)n2)c1. The minimum atomic E-state index is -0.356. The Bertz CT molecular complexity index is 1090. The fourth-order valence-electron chi connectivity index (χ4n) is 2.69. The topological polar surface area (TPSA) is 91.4 Å². The number of aromatic nitrogens is 1. The summed E-state index contributed by atoms with van der Waals surface area (Å²) in [5.74, 6) is -0.741. The predicted octanol–water partition coefficient (Wildman–Crippen LogP) is 3.84. The van der Waals surface area contributed by atoms with Crippen LogP contribution in [0.3, 0.4) is 0 Å². The van der Waals surface area contributed by atoms with E-state index in [1.165, 1.54) is 29.2 Å². The molecule has 0 aliphatic heterocycles. The molecule has 3 amide bonds. The molecule has 0 spiro atoms. The van der Waals surface area contributed by atoms with E-state index in [0.29, 0.717) is 22.1 Å². The second-order valence-electron chi connectivity index (χ2n) is 6.23. The van der Waals surface area contributed by atoms with Crippen LogP contribution in [0.5, 0.6) is 0 Å². The van der Waals surface area contributed by atoms with E-state index in [1.807, 2.05) is 30.3 Å². The molecule has 0 saturated carbocycles. The molecule has 2 N–H and O–H groups in total. The minimum absolute atomic E-state index is 0.153. The van der Waals surface area contributed by atoms with Crippen molar-refractivity contribution < 1.29 is 14.4 Å². The van der Waals surface area contributed by atoms with Gasteiger partial charge < -0.3 is 10.6 Å². The maximum atomic E-state index is 12.2. The molecule has 0 radical (unpaired) electrons. The first kappa shape index (κ1) is 20.9. The van der Waals surface area contributed by atoms with E-state index in [1.54, 1.807) is 42.8 Å². The number of rotatable bonds is 6. The molecule has 0 aliphatic carbocycles. The van der Waals surface area contributed by atoms with Crippen molar-refractivity contribution in [1.82, 2.24) is 10.3 Å². The first-order valence-corrected chi connectivity index (χ1v) is 9.98. The molecule has 3 aromatic rings. The van der Waals surface area contributed by atoms with Crippen molar-refractivity contribution in [2.75, 3.05) is 17.3 Å². The molecule has 3 rings (SSSR count). The van der Waals surface area contributed by atoms with Gasteiger partial charge >= 0.3 is 0 Å². The van der Waals surface area contributed by atoms with Crippen molar-refractivity contribution in [2.24, 2.45) is 0 Å². The number of para-hydroxylation sites is 1. The molecule has 0 aliphatic rings. The van der Waals surface area contributed by atoms with Crippen LogP contribution in [0.4, 0.5) is 16.5 Å². The van der Waals surface area contributed by atoms with Crippen molar-refractivity contribution in [3.05, 3.63) is 77.3 Å². The quantitative estimate of drug-likeness (QED) is 0.593. The van der Waals surface area contributed by atoms with Crippen LogP contribution in [0.25, 0.3) is 6.08 Å². The number of nitrogens with zero attached hydrogens (tertiary/aromatic N) is 2. The van der Waals surface area contributed by atoms with Gasteiger partial charge in [-0.25, -0.2) is 4.98 Å². The highest BCUT2D eigenvalue weighted by molar-refractivity contribution is 7.14. The number of carbonyl (C=O) groups excluding carboxylic acids is 3. The van der Waals surface area contributed by atoms with Gasteiger partial charge in [0.05, 0.1) is 11.4 Å². The molecular weight excluding hydrogens is 400 g/mol. The third-order valence-electron chi connectivity index (χ3n) is 4.06. The Kier molecular flexibility index (Phi) is 6.71. The number of hydrogen-bond donors (Lipinski definition) is 2. The van der Waals surface area contributed by atoms with Gasteiger partial charge in [-0.3, -0.25) is 19.3 Å². The van der Waals surface area contributed by atoms with Crippen LogP contribution in [-0.4, -0.2) is 29.8 Å². The minimum Gasteiger partial charge on any atom is -0.355 e. The summed E-state index contributed by atoms with van der Waals surface area (Å²) in [6, 6.07) is 15.9. The molecule has 0 saturated heterocycles. The lowest BCUT2D eigenvalue weighted by Crippen LogP contribution is -2.22. The summed E-state index contributed by atoms with van der Waals surface area (Å²) in [7, 11) is 1.55. The van der Waals surface area contributed by atoms with E-state index < -0.39 is 0 Å². The van der Waals surface area contributed by atoms with Gasteiger partial charge in [0.1, 0.15) is 0 Å². The van der Waals surface area contributed by atoms with Crippen molar-refractivity contribution in [3.63, 3.8) is 0 Å². The lowest BCUT2D eigenvalue weighted by Gasteiger charge is -2.17. The lowest BCUT2D eigenvalue weighted by molar-refractivity contribution is -0.116. The fraction of sp³-hybridized carbons (Fsp3) is 0.0909. The maximum absolute atomic E-state index is 12.2. The second-order valence-corrected chi connectivity index (χ2v) is 7.06. The van der Waals surface area contributed by atoms with Gasteiger partial charge in [0.15, 0.2) is 5.13 Å². The van der Waals surface area contributed by atoms with E-state index in [0.717, 1.165) is 5.69 Å². The van der Waals surface area contributed by atoms with Crippen molar-refractivity contribution in [1.29, 1.82) is 0 Å². The van der Waals surface area contributed by atoms with E-state index in [2.05, 4.69) is 15.6 Å². The highest BCUT2D eigenvalue weighted by Gasteiger charge is 2.17. The maximum Gasteiger partial charge on any atom is 0.251 e. The zero-order chi connectivity index (χ0) is 21.5. The lowest BCUT2D eigenvalue weighted by atomic mass is 10.2. The molecule has 0 bridgehead atoms. The Morgan fingerprint density at radius 2 is 1.83 bits per heavy atom. The number of carbonyl (C=O) groups is 3. The van der Waals surface area contributed by atoms with Crippen LogP contribution < -0.4 is 15.5 Å².